The molecule has 6 atom stereocenters. The number of hydrogen-bond donors (Lipinski definition) is 0. The minimum absolute atomic E-state index is 0.318. The van der Waals surface area contributed by atoms with Gasteiger partial charge in [0.05, 0.1) is 21.7 Å². The lowest BCUT2D eigenvalue weighted by molar-refractivity contribution is -0.287. The highest BCUT2D eigenvalue weighted by atomic mass is 16.7. The van der Waals surface area contributed by atoms with Gasteiger partial charge in [-0.15, -0.1) is 0 Å². The van der Waals surface area contributed by atoms with Gasteiger partial charge in [-0.2, -0.15) is 0 Å². The summed E-state index contributed by atoms with van der Waals surface area (Å²) in [6.07, 6.45) is 3.41. The maximum atomic E-state index is 13.8. The van der Waals surface area contributed by atoms with Crippen molar-refractivity contribution in [2.24, 2.45) is 21.7 Å². The van der Waals surface area contributed by atoms with Crippen LogP contribution in [0.5, 0.6) is 0 Å². The van der Waals surface area contributed by atoms with Gasteiger partial charge in [0.1, 0.15) is 12.7 Å². The van der Waals surface area contributed by atoms with Crippen molar-refractivity contribution in [1.82, 2.24) is 14.9 Å². The Balaban J connectivity index is 1.93. The molecule has 1 saturated heterocycles. The SMILES string of the molecule is CC(C)(C)C(=O)OC[C@H]1O[C@@H](N2CC=C(c3cccnc3)C[C@H]2c2cccnc2)[C@H](OC(=O)C(C)(C)C)[C@@H](OC(=O)C(C)(C)C)[C@H]1OC(=O)C(C)(C)C. The predicted octanol–water partition coefficient (Wildman–Crippen LogP) is 6.49. The maximum Gasteiger partial charge on any atom is 0.311 e. The van der Waals surface area contributed by atoms with Crippen molar-refractivity contribution in [2.75, 3.05) is 13.2 Å². The van der Waals surface area contributed by atoms with E-state index >= 15 is 0 Å². The Morgan fingerprint density at radius 2 is 1.21 bits per heavy atom. The number of nitrogens with zero attached hydrogens (tertiary/aromatic N) is 3. The van der Waals surface area contributed by atoms with Crippen LogP contribution < -0.4 is 0 Å². The van der Waals surface area contributed by atoms with Gasteiger partial charge in [-0.1, -0.05) is 18.2 Å². The second-order valence-electron chi connectivity index (χ2n) is 17.9. The van der Waals surface area contributed by atoms with Gasteiger partial charge in [0, 0.05) is 37.4 Å². The molecule has 2 aromatic rings. The van der Waals surface area contributed by atoms with Crippen molar-refractivity contribution < 1.29 is 42.9 Å². The Morgan fingerprint density at radius 3 is 1.70 bits per heavy atom. The van der Waals surface area contributed by atoms with E-state index in [0.717, 1.165) is 16.7 Å². The molecule has 290 valence electrons. The normalized spacial score (nSPS) is 24.4. The molecule has 0 aromatic carbocycles. The number of carbonyl (C=O) groups excluding carboxylic acids is 4. The summed E-state index contributed by atoms with van der Waals surface area (Å²) in [6.45, 7) is 20.5. The molecule has 12 nitrogen and oxygen atoms in total. The lowest BCUT2D eigenvalue weighted by Gasteiger charge is -2.51. The van der Waals surface area contributed by atoms with Gasteiger partial charge in [-0.25, -0.2) is 0 Å². The molecule has 0 radical (unpaired) electrons. The molecular weight excluding hydrogens is 678 g/mol. The Bertz CT molecular complexity index is 1630. The average Bonchev–Trinajstić information content (AvgIpc) is 3.07. The molecule has 0 N–H and O–H groups in total. The van der Waals surface area contributed by atoms with Crippen molar-refractivity contribution in [1.29, 1.82) is 0 Å². The number of esters is 4. The monoisotopic (exact) mass is 735 g/mol. The first kappa shape index (κ1) is 41.6. The summed E-state index contributed by atoms with van der Waals surface area (Å²) in [5.41, 5.74) is -0.885. The van der Waals surface area contributed by atoms with E-state index in [0.29, 0.717) is 13.0 Å². The quantitative estimate of drug-likeness (QED) is 0.216. The van der Waals surface area contributed by atoms with E-state index in [4.69, 9.17) is 23.7 Å². The molecule has 2 aliphatic heterocycles. The van der Waals surface area contributed by atoms with E-state index in [2.05, 4.69) is 16.0 Å². The summed E-state index contributed by atoms with van der Waals surface area (Å²) in [7, 11) is 0. The topological polar surface area (TPSA) is 143 Å². The first-order chi connectivity index (χ1) is 24.5. The third-order valence-electron chi connectivity index (χ3n) is 8.96. The van der Waals surface area contributed by atoms with Gasteiger partial charge in [0.15, 0.2) is 24.5 Å². The summed E-state index contributed by atoms with van der Waals surface area (Å²) >= 11 is 0. The standard InChI is InChI=1S/C41H57N3O9/c1-38(2,3)34(45)49-24-29-30(51-35(46)39(4,5)6)31(52-36(47)40(7,8)9)32(53-37(48)41(10,11)12)33(50-29)44-20-17-25(26-15-13-18-42-22-26)21-28(44)27-16-14-19-43-23-27/h13-19,22-23,28-33H,20-21,24H2,1-12H3/t28-,29+,30-,31-,32+,33+/m0/s1. The molecule has 0 saturated carbocycles. The van der Waals surface area contributed by atoms with Gasteiger partial charge in [-0.3, -0.25) is 34.0 Å². The number of hydrogen-bond acceptors (Lipinski definition) is 12. The van der Waals surface area contributed by atoms with Crippen LogP contribution in [0.25, 0.3) is 5.57 Å². The zero-order chi connectivity index (χ0) is 39.5. The zero-order valence-corrected chi connectivity index (χ0v) is 33.3. The second kappa shape index (κ2) is 16.1. The van der Waals surface area contributed by atoms with Crippen molar-refractivity contribution in [2.45, 2.75) is 126 Å². The smallest absolute Gasteiger partial charge is 0.311 e. The van der Waals surface area contributed by atoms with E-state index in [9.17, 15) is 19.2 Å². The summed E-state index contributed by atoms with van der Waals surface area (Å²) < 4.78 is 31.5. The van der Waals surface area contributed by atoms with E-state index in [1.807, 2.05) is 35.4 Å². The molecular formula is C41H57N3O9. The van der Waals surface area contributed by atoms with Crippen LogP contribution in [-0.4, -0.2) is 82.5 Å². The molecule has 0 unspecified atom stereocenters. The van der Waals surface area contributed by atoms with Crippen LogP contribution in [0.4, 0.5) is 0 Å². The highest BCUT2D eigenvalue weighted by Crippen LogP contribution is 2.42. The first-order valence-corrected chi connectivity index (χ1v) is 18.2. The van der Waals surface area contributed by atoms with E-state index < -0.39 is 76.2 Å². The van der Waals surface area contributed by atoms with Gasteiger partial charge in [-0.05, 0) is 118 Å². The summed E-state index contributed by atoms with van der Waals surface area (Å²) in [4.78, 5) is 65.1. The zero-order valence-electron chi connectivity index (χ0n) is 33.3. The summed E-state index contributed by atoms with van der Waals surface area (Å²) in [5.74, 6) is -2.29. The Labute approximate surface area is 314 Å². The highest BCUT2D eigenvalue weighted by molar-refractivity contribution is 5.78. The van der Waals surface area contributed by atoms with Crippen LogP contribution >= 0.6 is 0 Å². The van der Waals surface area contributed by atoms with Gasteiger partial charge >= 0.3 is 23.9 Å². The van der Waals surface area contributed by atoms with Crippen LogP contribution in [0.2, 0.25) is 0 Å². The molecule has 4 rings (SSSR count). The van der Waals surface area contributed by atoms with Crippen molar-refractivity contribution in [3.63, 3.8) is 0 Å². The van der Waals surface area contributed by atoms with E-state index in [-0.39, 0.29) is 12.6 Å². The number of carbonyl (C=O) groups is 4. The fourth-order valence-corrected chi connectivity index (χ4v) is 5.68. The van der Waals surface area contributed by atoms with Crippen LogP contribution in [0.3, 0.4) is 0 Å². The molecule has 0 aliphatic carbocycles. The van der Waals surface area contributed by atoms with Crippen molar-refractivity contribution in [3.05, 3.63) is 66.3 Å². The number of rotatable bonds is 8. The van der Waals surface area contributed by atoms with Gasteiger partial charge in [0.2, 0.25) is 0 Å². The molecule has 0 bridgehead atoms. The Hall–Kier alpha value is -4.16. The fourth-order valence-electron chi connectivity index (χ4n) is 5.68. The van der Waals surface area contributed by atoms with Crippen LogP contribution in [0.15, 0.2) is 55.1 Å². The molecule has 2 aromatic heterocycles. The third-order valence-corrected chi connectivity index (χ3v) is 8.96. The van der Waals surface area contributed by atoms with Gasteiger partial charge in [0.25, 0.3) is 0 Å². The molecule has 2 aliphatic rings. The second-order valence-corrected chi connectivity index (χ2v) is 17.9. The minimum Gasteiger partial charge on any atom is -0.462 e. The Morgan fingerprint density at radius 1 is 0.698 bits per heavy atom. The third kappa shape index (κ3) is 10.5. The number of ether oxygens (including phenoxy) is 5. The molecule has 0 amide bonds. The van der Waals surface area contributed by atoms with Crippen LogP contribution in [0, 0.1) is 21.7 Å². The van der Waals surface area contributed by atoms with Crippen molar-refractivity contribution in [3.8, 4) is 0 Å². The summed E-state index contributed by atoms with van der Waals surface area (Å²) in [5, 5.41) is 0. The number of pyridine rings is 2. The van der Waals surface area contributed by atoms with Crippen LogP contribution in [-0.2, 0) is 42.9 Å². The largest absolute Gasteiger partial charge is 0.462 e. The summed E-state index contributed by atoms with van der Waals surface area (Å²) in [6, 6.07) is 7.32. The van der Waals surface area contributed by atoms with E-state index in [1.54, 1.807) is 102 Å². The maximum absolute atomic E-state index is 13.8. The predicted molar refractivity (Wildman–Crippen MR) is 198 cm³/mol. The molecule has 0 spiro atoms. The lowest BCUT2D eigenvalue weighted by Crippen LogP contribution is -2.67. The van der Waals surface area contributed by atoms with Gasteiger partial charge < -0.3 is 23.7 Å². The first-order valence-electron chi connectivity index (χ1n) is 18.2. The molecule has 53 heavy (non-hydrogen) atoms. The minimum atomic E-state index is -1.35. The fraction of sp³-hybridized carbons (Fsp3) is 0.610. The average molecular weight is 736 g/mol. The molecule has 12 heteroatoms. The number of aromatic nitrogens is 2. The molecule has 4 heterocycles. The lowest BCUT2D eigenvalue weighted by atomic mass is 9.88. The highest BCUT2D eigenvalue weighted by Gasteiger charge is 2.57. The van der Waals surface area contributed by atoms with Crippen molar-refractivity contribution >= 4 is 29.5 Å². The Kier molecular flexibility index (Phi) is 12.6. The van der Waals surface area contributed by atoms with Crippen LogP contribution in [0.1, 0.15) is 107 Å². The van der Waals surface area contributed by atoms with E-state index in [1.165, 1.54) is 0 Å². The molecule has 1 fully saturated rings.